The third-order valence-corrected chi connectivity index (χ3v) is 4.43. The van der Waals surface area contributed by atoms with Crippen LogP contribution >= 0.6 is 0 Å². The van der Waals surface area contributed by atoms with Crippen molar-refractivity contribution in [2.24, 2.45) is 0 Å². The number of ether oxygens (including phenoxy) is 1. The van der Waals surface area contributed by atoms with Crippen LogP contribution in [0.25, 0.3) is 11.3 Å². The number of benzene rings is 1. The summed E-state index contributed by atoms with van der Waals surface area (Å²) in [5.41, 5.74) is 10.5. The van der Waals surface area contributed by atoms with Crippen LogP contribution in [-0.4, -0.2) is 29.2 Å². The van der Waals surface area contributed by atoms with Crippen molar-refractivity contribution in [1.82, 2.24) is 15.3 Å². The Morgan fingerprint density at radius 3 is 2.95 bits per heavy atom. The van der Waals surface area contributed by atoms with Gasteiger partial charge < -0.3 is 15.8 Å². The molecule has 2 aromatic rings. The number of hydrogen-bond donors (Lipinski definition) is 2. The van der Waals surface area contributed by atoms with E-state index in [1.807, 2.05) is 6.07 Å². The van der Waals surface area contributed by atoms with E-state index in [0.29, 0.717) is 5.88 Å². The zero-order valence-electron chi connectivity index (χ0n) is 12.5. The number of aromatic nitrogens is 2. The largest absolute Gasteiger partial charge is 0.473 e. The molecule has 0 spiro atoms. The molecule has 2 aliphatic rings. The van der Waals surface area contributed by atoms with Crippen molar-refractivity contribution < 1.29 is 4.74 Å². The van der Waals surface area contributed by atoms with Gasteiger partial charge in [0, 0.05) is 17.7 Å². The zero-order chi connectivity index (χ0) is 14.9. The molecule has 1 aromatic heterocycles. The number of aryl methyl sites for hydroxylation is 1. The zero-order valence-corrected chi connectivity index (χ0v) is 12.5. The quantitative estimate of drug-likeness (QED) is 0.886. The number of nitrogen functional groups attached to an aromatic ring is 1. The standard InChI is InChI=1S/C17H20N4O/c18-17-20-15-13-6-2-1-4-11(13)5-3-7-14(15)16(21-17)22-12-8-9-19-10-12/h1-2,4,6,12,19H,3,5,7-10H2,(H2,18,20,21)/t12-/m0/s1. The van der Waals surface area contributed by atoms with Crippen LogP contribution in [-0.2, 0) is 12.8 Å². The van der Waals surface area contributed by atoms with Gasteiger partial charge in [0.25, 0.3) is 0 Å². The minimum Gasteiger partial charge on any atom is -0.473 e. The molecule has 1 aliphatic carbocycles. The number of anilines is 1. The summed E-state index contributed by atoms with van der Waals surface area (Å²) in [6.07, 6.45) is 4.25. The molecule has 2 heterocycles. The highest BCUT2D eigenvalue weighted by molar-refractivity contribution is 5.70. The number of nitrogens with zero attached hydrogens (tertiary/aromatic N) is 2. The summed E-state index contributed by atoms with van der Waals surface area (Å²) >= 11 is 0. The molecule has 0 amide bonds. The minimum absolute atomic E-state index is 0.178. The number of fused-ring (bicyclic) bond motifs is 3. The van der Waals surface area contributed by atoms with Gasteiger partial charge in [-0.3, -0.25) is 0 Å². The van der Waals surface area contributed by atoms with E-state index >= 15 is 0 Å². The molecular weight excluding hydrogens is 276 g/mol. The van der Waals surface area contributed by atoms with E-state index < -0.39 is 0 Å². The first-order valence-electron chi connectivity index (χ1n) is 7.93. The van der Waals surface area contributed by atoms with Crippen LogP contribution in [0.1, 0.15) is 24.0 Å². The predicted molar refractivity (Wildman–Crippen MR) is 85.8 cm³/mol. The lowest BCUT2D eigenvalue weighted by Crippen LogP contribution is -2.21. The SMILES string of the molecule is Nc1nc(O[C@H]2CCNC2)c2c(n1)-c1ccccc1CCC2. The van der Waals surface area contributed by atoms with Crippen LogP contribution < -0.4 is 15.8 Å². The van der Waals surface area contributed by atoms with E-state index in [4.69, 9.17) is 10.5 Å². The molecule has 22 heavy (non-hydrogen) atoms. The van der Waals surface area contributed by atoms with E-state index in [0.717, 1.165) is 50.0 Å². The van der Waals surface area contributed by atoms with Crippen LogP contribution in [0.15, 0.2) is 24.3 Å². The molecule has 4 rings (SSSR count). The van der Waals surface area contributed by atoms with Crippen molar-refractivity contribution in [3.63, 3.8) is 0 Å². The molecule has 5 heteroatoms. The minimum atomic E-state index is 0.178. The summed E-state index contributed by atoms with van der Waals surface area (Å²) in [5, 5.41) is 3.32. The van der Waals surface area contributed by atoms with Gasteiger partial charge in [-0.2, -0.15) is 4.98 Å². The predicted octanol–water partition coefficient (Wildman–Crippen LogP) is 1.96. The Hall–Kier alpha value is -2.14. The van der Waals surface area contributed by atoms with Crippen molar-refractivity contribution in [2.75, 3.05) is 18.8 Å². The molecule has 114 valence electrons. The van der Waals surface area contributed by atoms with Crippen molar-refractivity contribution in [1.29, 1.82) is 0 Å². The number of rotatable bonds is 2. The molecule has 1 aliphatic heterocycles. The van der Waals surface area contributed by atoms with Gasteiger partial charge in [0.15, 0.2) is 0 Å². The first kappa shape index (κ1) is 13.5. The van der Waals surface area contributed by atoms with E-state index in [2.05, 4.69) is 33.5 Å². The van der Waals surface area contributed by atoms with Crippen LogP contribution in [0.2, 0.25) is 0 Å². The maximum Gasteiger partial charge on any atom is 0.223 e. The van der Waals surface area contributed by atoms with Crippen molar-refractivity contribution in [2.45, 2.75) is 31.8 Å². The Morgan fingerprint density at radius 2 is 2.09 bits per heavy atom. The lowest BCUT2D eigenvalue weighted by molar-refractivity contribution is 0.212. The summed E-state index contributed by atoms with van der Waals surface area (Å²) < 4.78 is 6.13. The van der Waals surface area contributed by atoms with Crippen molar-refractivity contribution in [3.05, 3.63) is 35.4 Å². The van der Waals surface area contributed by atoms with Crippen molar-refractivity contribution >= 4 is 5.95 Å². The van der Waals surface area contributed by atoms with Gasteiger partial charge >= 0.3 is 0 Å². The smallest absolute Gasteiger partial charge is 0.223 e. The summed E-state index contributed by atoms with van der Waals surface area (Å²) in [7, 11) is 0. The van der Waals surface area contributed by atoms with Crippen LogP contribution in [0.4, 0.5) is 5.95 Å². The second-order valence-electron chi connectivity index (χ2n) is 5.96. The molecule has 0 bridgehead atoms. The Balaban J connectivity index is 1.81. The van der Waals surface area contributed by atoms with Gasteiger partial charge in [-0.25, -0.2) is 4.98 Å². The summed E-state index contributed by atoms with van der Waals surface area (Å²) in [5.74, 6) is 0.962. The number of nitrogens with one attached hydrogen (secondary N) is 1. The van der Waals surface area contributed by atoms with Gasteiger partial charge in [0.1, 0.15) is 6.10 Å². The summed E-state index contributed by atoms with van der Waals surface area (Å²) in [6, 6.07) is 8.42. The fraction of sp³-hybridized carbons (Fsp3) is 0.412. The maximum absolute atomic E-state index is 6.13. The van der Waals surface area contributed by atoms with E-state index in [1.165, 1.54) is 11.1 Å². The molecule has 1 aromatic carbocycles. The summed E-state index contributed by atoms with van der Waals surface area (Å²) in [4.78, 5) is 8.90. The van der Waals surface area contributed by atoms with E-state index in [1.54, 1.807) is 0 Å². The topological polar surface area (TPSA) is 73.1 Å². The third kappa shape index (κ3) is 2.41. The van der Waals surface area contributed by atoms with Crippen LogP contribution in [0.5, 0.6) is 5.88 Å². The molecule has 0 unspecified atom stereocenters. The monoisotopic (exact) mass is 296 g/mol. The summed E-state index contributed by atoms with van der Waals surface area (Å²) in [6.45, 7) is 1.87. The van der Waals surface area contributed by atoms with Gasteiger partial charge in [-0.1, -0.05) is 24.3 Å². The van der Waals surface area contributed by atoms with Gasteiger partial charge in [0.05, 0.1) is 5.69 Å². The maximum atomic E-state index is 6.13. The second-order valence-corrected chi connectivity index (χ2v) is 5.96. The van der Waals surface area contributed by atoms with E-state index in [-0.39, 0.29) is 12.1 Å². The molecule has 1 saturated heterocycles. The Bertz CT molecular complexity index is 695. The molecule has 0 radical (unpaired) electrons. The average Bonchev–Trinajstić information content (AvgIpc) is 2.95. The highest BCUT2D eigenvalue weighted by Gasteiger charge is 2.24. The molecule has 1 fully saturated rings. The molecular formula is C17H20N4O. The number of hydrogen-bond acceptors (Lipinski definition) is 5. The lowest BCUT2D eigenvalue weighted by Gasteiger charge is -2.17. The second kappa shape index (κ2) is 5.57. The fourth-order valence-corrected chi connectivity index (χ4v) is 3.34. The van der Waals surface area contributed by atoms with E-state index in [9.17, 15) is 0 Å². The van der Waals surface area contributed by atoms with Crippen molar-refractivity contribution in [3.8, 4) is 17.1 Å². The highest BCUT2D eigenvalue weighted by Crippen LogP contribution is 2.35. The van der Waals surface area contributed by atoms with Crippen LogP contribution in [0.3, 0.4) is 0 Å². The Kier molecular flexibility index (Phi) is 3.42. The highest BCUT2D eigenvalue weighted by atomic mass is 16.5. The van der Waals surface area contributed by atoms with Gasteiger partial charge in [-0.15, -0.1) is 0 Å². The van der Waals surface area contributed by atoms with Gasteiger partial charge in [-0.05, 0) is 37.8 Å². The first-order valence-corrected chi connectivity index (χ1v) is 7.93. The normalized spacial score (nSPS) is 20.1. The Morgan fingerprint density at radius 1 is 1.18 bits per heavy atom. The molecule has 1 atom stereocenters. The number of nitrogens with two attached hydrogens (primary N) is 1. The fourth-order valence-electron chi connectivity index (χ4n) is 3.34. The Labute approximate surface area is 129 Å². The van der Waals surface area contributed by atoms with Crippen LogP contribution in [0, 0.1) is 0 Å². The molecule has 0 saturated carbocycles. The average molecular weight is 296 g/mol. The van der Waals surface area contributed by atoms with Gasteiger partial charge in [0.2, 0.25) is 11.8 Å². The molecule has 3 N–H and O–H groups in total. The lowest BCUT2D eigenvalue weighted by atomic mass is 10.0. The first-order chi connectivity index (χ1) is 10.8. The molecule has 5 nitrogen and oxygen atoms in total. The third-order valence-electron chi connectivity index (χ3n) is 4.43.